The maximum Gasteiger partial charge on any atom is 0.416 e. The standard InChI is InChI=1S/C17H18F3NO/c18-17(19,20)15-10-4-6-13(12-15)7-5-11-21-16(22)14-8-2-1-3-9-14/h4,6,10,12,14H,1-3,8-9,11H2,(H,21,22). The average Bonchev–Trinajstić information content (AvgIpc) is 2.52. The molecule has 2 nitrogen and oxygen atoms in total. The van der Waals surface area contributed by atoms with Crippen molar-refractivity contribution in [2.45, 2.75) is 38.3 Å². The molecule has 2 rings (SSSR count). The zero-order valence-corrected chi connectivity index (χ0v) is 12.2. The molecule has 0 unspecified atom stereocenters. The van der Waals surface area contributed by atoms with Crippen molar-refractivity contribution < 1.29 is 18.0 Å². The van der Waals surface area contributed by atoms with Crippen molar-refractivity contribution in [1.82, 2.24) is 5.32 Å². The van der Waals surface area contributed by atoms with Crippen molar-refractivity contribution in [2.24, 2.45) is 5.92 Å². The third kappa shape index (κ3) is 4.80. The molecule has 0 atom stereocenters. The van der Waals surface area contributed by atoms with Crippen LogP contribution < -0.4 is 5.32 Å². The molecular weight excluding hydrogens is 291 g/mol. The molecule has 1 amide bonds. The molecule has 22 heavy (non-hydrogen) atoms. The first kappa shape index (κ1) is 16.4. The quantitative estimate of drug-likeness (QED) is 0.828. The van der Waals surface area contributed by atoms with Crippen LogP contribution in [0.25, 0.3) is 0 Å². The van der Waals surface area contributed by atoms with Crippen LogP contribution in [0.2, 0.25) is 0 Å². The molecule has 1 aromatic rings. The molecule has 1 N–H and O–H groups in total. The highest BCUT2D eigenvalue weighted by molar-refractivity contribution is 5.78. The summed E-state index contributed by atoms with van der Waals surface area (Å²) in [6.07, 6.45) is 0.786. The summed E-state index contributed by atoms with van der Waals surface area (Å²) in [4.78, 5) is 11.9. The van der Waals surface area contributed by atoms with Gasteiger partial charge in [0.15, 0.2) is 0 Å². The van der Waals surface area contributed by atoms with Crippen molar-refractivity contribution in [3.05, 3.63) is 35.4 Å². The summed E-state index contributed by atoms with van der Waals surface area (Å²) in [6, 6.07) is 4.87. The van der Waals surface area contributed by atoms with Gasteiger partial charge in [-0.15, -0.1) is 0 Å². The Labute approximate surface area is 128 Å². The fourth-order valence-electron chi connectivity index (χ4n) is 2.56. The zero-order valence-electron chi connectivity index (χ0n) is 12.2. The van der Waals surface area contributed by atoms with Crippen LogP contribution in [0.5, 0.6) is 0 Å². The minimum absolute atomic E-state index is 0.00181. The zero-order chi connectivity index (χ0) is 16.0. The van der Waals surface area contributed by atoms with Crippen LogP contribution in [0.1, 0.15) is 43.2 Å². The fourth-order valence-corrected chi connectivity index (χ4v) is 2.56. The Bertz CT molecular complexity index is 578. The second kappa shape index (κ2) is 7.35. The van der Waals surface area contributed by atoms with Crippen LogP contribution in [-0.4, -0.2) is 12.5 Å². The third-order valence-electron chi connectivity index (χ3n) is 3.75. The molecule has 0 aromatic heterocycles. The predicted molar refractivity (Wildman–Crippen MR) is 77.9 cm³/mol. The average molecular weight is 309 g/mol. The van der Waals surface area contributed by atoms with Crippen LogP contribution in [0.3, 0.4) is 0 Å². The Hall–Kier alpha value is -1.96. The van der Waals surface area contributed by atoms with E-state index in [0.717, 1.165) is 37.8 Å². The Morgan fingerprint density at radius 2 is 1.95 bits per heavy atom. The van der Waals surface area contributed by atoms with E-state index in [-0.39, 0.29) is 18.4 Å². The summed E-state index contributed by atoms with van der Waals surface area (Å²) in [5.74, 6) is 5.41. The molecule has 1 fully saturated rings. The normalized spacial score (nSPS) is 15.8. The summed E-state index contributed by atoms with van der Waals surface area (Å²) in [5.41, 5.74) is -0.424. The third-order valence-corrected chi connectivity index (χ3v) is 3.75. The maximum absolute atomic E-state index is 12.6. The minimum Gasteiger partial charge on any atom is -0.345 e. The number of carbonyl (C=O) groups is 1. The number of amides is 1. The van der Waals surface area contributed by atoms with Gasteiger partial charge in [-0.05, 0) is 31.0 Å². The van der Waals surface area contributed by atoms with Crippen LogP contribution in [0.15, 0.2) is 24.3 Å². The highest BCUT2D eigenvalue weighted by Gasteiger charge is 2.30. The van der Waals surface area contributed by atoms with Gasteiger partial charge in [-0.1, -0.05) is 37.2 Å². The monoisotopic (exact) mass is 309 g/mol. The SMILES string of the molecule is O=C(NCC#Cc1cccc(C(F)(F)F)c1)C1CCCCC1. The topological polar surface area (TPSA) is 29.1 Å². The summed E-state index contributed by atoms with van der Waals surface area (Å²) in [6.45, 7) is 0.158. The number of nitrogens with one attached hydrogen (secondary N) is 1. The largest absolute Gasteiger partial charge is 0.416 e. The van der Waals surface area contributed by atoms with Crippen molar-refractivity contribution in [3.8, 4) is 11.8 Å². The van der Waals surface area contributed by atoms with Gasteiger partial charge in [0.25, 0.3) is 0 Å². The van der Waals surface area contributed by atoms with Gasteiger partial charge in [0, 0.05) is 11.5 Å². The van der Waals surface area contributed by atoms with Gasteiger partial charge in [-0.25, -0.2) is 0 Å². The lowest BCUT2D eigenvalue weighted by Crippen LogP contribution is -2.32. The molecule has 0 aliphatic heterocycles. The van der Waals surface area contributed by atoms with Crippen LogP contribution in [0, 0.1) is 17.8 Å². The molecule has 0 saturated heterocycles. The molecule has 118 valence electrons. The molecule has 0 heterocycles. The lowest BCUT2D eigenvalue weighted by molar-refractivity contribution is -0.137. The van der Waals surface area contributed by atoms with Gasteiger partial charge >= 0.3 is 6.18 Å². The lowest BCUT2D eigenvalue weighted by atomic mass is 9.89. The van der Waals surface area contributed by atoms with Gasteiger partial charge in [0.1, 0.15) is 0 Å². The van der Waals surface area contributed by atoms with Gasteiger partial charge in [-0.2, -0.15) is 13.2 Å². The van der Waals surface area contributed by atoms with Gasteiger partial charge in [0.05, 0.1) is 12.1 Å². The van der Waals surface area contributed by atoms with Gasteiger partial charge in [-0.3, -0.25) is 4.79 Å². The van der Waals surface area contributed by atoms with E-state index in [0.29, 0.717) is 5.56 Å². The second-order valence-corrected chi connectivity index (χ2v) is 5.43. The molecule has 1 aromatic carbocycles. The fraction of sp³-hybridized carbons (Fsp3) is 0.471. The Balaban J connectivity index is 1.87. The molecule has 0 spiro atoms. The Morgan fingerprint density at radius 1 is 1.23 bits per heavy atom. The summed E-state index contributed by atoms with van der Waals surface area (Å²) in [5, 5.41) is 2.73. The predicted octanol–water partition coefficient (Wildman–Crippen LogP) is 3.75. The van der Waals surface area contributed by atoms with Crippen LogP contribution in [-0.2, 0) is 11.0 Å². The van der Waals surface area contributed by atoms with Gasteiger partial charge < -0.3 is 5.32 Å². The van der Waals surface area contributed by atoms with E-state index in [1.807, 2.05) is 0 Å². The van der Waals surface area contributed by atoms with E-state index in [9.17, 15) is 18.0 Å². The van der Waals surface area contributed by atoms with Crippen LogP contribution >= 0.6 is 0 Å². The van der Waals surface area contributed by atoms with E-state index in [4.69, 9.17) is 0 Å². The Kier molecular flexibility index (Phi) is 5.48. The van der Waals surface area contributed by atoms with E-state index < -0.39 is 11.7 Å². The highest BCUT2D eigenvalue weighted by atomic mass is 19.4. The first-order valence-corrected chi connectivity index (χ1v) is 7.40. The number of carbonyl (C=O) groups excluding carboxylic acids is 1. The molecule has 5 heteroatoms. The number of hydrogen-bond donors (Lipinski definition) is 1. The van der Waals surface area contributed by atoms with Crippen molar-refractivity contribution >= 4 is 5.91 Å². The summed E-state index contributed by atoms with van der Waals surface area (Å²) < 4.78 is 37.7. The number of hydrogen-bond acceptors (Lipinski definition) is 1. The molecule has 1 saturated carbocycles. The Morgan fingerprint density at radius 3 is 2.64 bits per heavy atom. The van der Waals surface area contributed by atoms with Crippen molar-refractivity contribution in [1.29, 1.82) is 0 Å². The molecule has 1 aliphatic rings. The van der Waals surface area contributed by atoms with E-state index in [1.54, 1.807) is 0 Å². The molecule has 0 radical (unpaired) electrons. The number of benzene rings is 1. The maximum atomic E-state index is 12.6. The summed E-state index contributed by atoms with van der Waals surface area (Å²) >= 11 is 0. The minimum atomic E-state index is -4.37. The lowest BCUT2D eigenvalue weighted by Gasteiger charge is -2.19. The smallest absolute Gasteiger partial charge is 0.345 e. The van der Waals surface area contributed by atoms with E-state index >= 15 is 0 Å². The van der Waals surface area contributed by atoms with E-state index in [1.165, 1.54) is 18.6 Å². The first-order chi connectivity index (χ1) is 10.5. The van der Waals surface area contributed by atoms with Crippen molar-refractivity contribution in [2.75, 3.05) is 6.54 Å². The van der Waals surface area contributed by atoms with Crippen molar-refractivity contribution in [3.63, 3.8) is 0 Å². The van der Waals surface area contributed by atoms with E-state index in [2.05, 4.69) is 17.2 Å². The van der Waals surface area contributed by atoms with Crippen LogP contribution in [0.4, 0.5) is 13.2 Å². The number of rotatable bonds is 2. The highest BCUT2D eigenvalue weighted by Crippen LogP contribution is 2.29. The summed E-state index contributed by atoms with van der Waals surface area (Å²) in [7, 11) is 0. The van der Waals surface area contributed by atoms with Gasteiger partial charge in [0.2, 0.25) is 5.91 Å². The second-order valence-electron chi connectivity index (χ2n) is 5.43. The number of alkyl halides is 3. The molecule has 1 aliphatic carbocycles. The molecule has 0 bridgehead atoms. The molecular formula is C17H18F3NO. The number of halogens is 3. The first-order valence-electron chi connectivity index (χ1n) is 7.40.